The van der Waals surface area contributed by atoms with E-state index in [9.17, 15) is 4.79 Å². The van der Waals surface area contributed by atoms with Crippen molar-refractivity contribution in [3.8, 4) is 0 Å². The lowest BCUT2D eigenvalue weighted by molar-refractivity contribution is -0.152. The maximum Gasteiger partial charge on any atom is 0.318 e. The van der Waals surface area contributed by atoms with E-state index >= 15 is 0 Å². The Bertz CT molecular complexity index is 495. The standard InChI is InChI=1S/C19H27NO2/c1-2-22-18(21)19(16-10-5-3-6-11-16)13-9-12-17(19)20-14-7-4-8-15-20/h3,5-6,10-11,17H,2,4,7-9,12-15H2,1H3. The summed E-state index contributed by atoms with van der Waals surface area (Å²) in [7, 11) is 0. The summed E-state index contributed by atoms with van der Waals surface area (Å²) in [5, 5.41) is 0. The number of ether oxygens (including phenoxy) is 1. The first-order valence-corrected chi connectivity index (χ1v) is 8.76. The van der Waals surface area contributed by atoms with Gasteiger partial charge in [-0.2, -0.15) is 0 Å². The van der Waals surface area contributed by atoms with Gasteiger partial charge in [-0.25, -0.2) is 0 Å². The van der Waals surface area contributed by atoms with Gasteiger partial charge in [0.2, 0.25) is 0 Å². The lowest BCUT2D eigenvalue weighted by Crippen LogP contribution is -2.53. The number of piperidine rings is 1. The van der Waals surface area contributed by atoms with Crippen LogP contribution in [0.25, 0.3) is 0 Å². The Morgan fingerprint density at radius 2 is 1.91 bits per heavy atom. The molecule has 1 saturated carbocycles. The molecule has 0 N–H and O–H groups in total. The highest BCUT2D eigenvalue weighted by Crippen LogP contribution is 2.45. The van der Waals surface area contributed by atoms with E-state index in [1.54, 1.807) is 0 Å². The van der Waals surface area contributed by atoms with Crippen molar-refractivity contribution in [3.05, 3.63) is 35.9 Å². The Hall–Kier alpha value is -1.35. The van der Waals surface area contributed by atoms with Gasteiger partial charge in [0.05, 0.1) is 6.61 Å². The van der Waals surface area contributed by atoms with Gasteiger partial charge in [-0.05, 0) is 51.3 Å². The fraction of sp³-hybridized carbons (Fsp3) is 0.632. The van der Waals surface area contributed by atoms with Crippen LogP contribution < -0.4 is 0 Å². The van der Waals surface area contributed by atoms with Gasteiger partial charge in [0.15, 0.2) is 0 Å². The van der Waals surface area contributed by atoms with Crippen LogP contribution in [0.1, 0.15) is 51.0 Å². The van der Waals surface area contributed by atoms with Gasteiger partial charge in [-0.3, -0.25) is 9.69 Å². The Morgan fingerprint density at radius 1 is 1.18 bits per heavy atom. The summed E-state index contributed by atoms with van der Waals surface area (Å²) in [6.07, 6.45) is 6.95. The van der Waals surface area contributed by atoms with Crippen molar-refractivity contribution >= 4 is 5.97 Å². The average molecular weight is 301 g/mol. The lowest BCUT2D eigenvalue weighted by Gasteiger charge is -2.42. The SMILES string of the molecule is CCOC(=O)C1(c2ccccc2)CCCC1N1CCCCC1. The lowest BCUT2D eigenvalue weighted by atomic mass is 9.74. The zero-order valence-corrected chi connectivity index (χ0v) is 13.6. The number of likely N-dealkylation sites (tertiary alicyclic amines) is 1. The number of benzene rings is 1. The summed E-state index contributed by atoms with van der Waals surface area (Å²) in [5.41, 5.74) is 0.677. The van der Waals surface area contributed by atoms with Crippen LogP contribution in [-0.2, 0) is 14.9 Å². The molecule has 0 radical (unpaired) electrons. The largest absolute Gasteiger partial charge is 0.465 e. The molecule has 1 aromatic rings. The Labute approximate surface area is 133 Å². The third-order valence-corrected chi connectivity index (χ3v) is 5.38. The van der Waals surface area contributed by atoms with E-state index in [1.807, 2.05) is 25.1 Å². The van der Waals surface area contributed by atoms with Crippen LogP contribution in [0.2, 0.25) is 0 Å². The zero-order chi connectivity index (χ0) is 15.4. The Morgan fingerprint density at radius 3 is 2.59 bits per heavy atom. The molecular weight excluding hydrogens is 274 g/mol. The van der Waals surface area contributed by atoms with E-state index in [4.69, 9.17) is 4.74 Å². The summed E-state index contributed by atoms with van der Waals surface area (Å²) >= 11 is 0. The predicted octanol–water partition coefficient (Wildman–Crippen LogP) is 3.53. The Kier molecular flexibility index (Phi) is 4.82. The smallest absolute Gasteiger partial charge is 0.318 e. The molecule has 1 aliphatic heterocycles. The minimum atomic E-state index is -0.464. The second-order valence-electron chi connectivity index (χ2n) is 6.56. The van der Waals surface area contributed by atoms with Crippen LogP contribution in [0.4, 0.5) is 0 Å². The normalized spacial score (nSPS) is 29.4. The van der Waals surface area contributed by atoms with Crippen molar-refractivity contribution in [3.63, 3.8) is 0 Å². The van der Waals surface area contributed by atoms with Crippen molar-refractivity contribution in [1.82, 2.24) is 4.90 Å². The van der Waals surface area contributed by atoms with Gasteiger partial charge >= 0.3 is 5.97 Å². The zero-order valence-electron chi connectivity index (χ0n) is 13.6. The number of hydrogen-bond donors (Lipinski definition) is 0. The molecule has 1 saturated heterocycles. The van der Waals surface area contributed by atoms with E-state index in [2.05, 4.69) is 17.0 Å². The molecule has 22 heavy (non-hydrogen) atoms. The number of carbonyl (C=O) groups excluding carboxylic acids is 1. The third kappa shape index (κ3) is 2.67. The van der Waals surface area contributed by atoms with E-state index < -0.39 is 5.41 Å². The second-order valence-corrected chi connectivity index (χ2v) is 6.56. The maximum absolute atomic E-state index is 13.0. The fourth-order valence-corrected chi connectivity index (χ4v) is 4.40. The minimum Gasteiger partial charge on any atom is -0.465 e. The summed E-state index contributed by atoms with van der Waals surface area (Å²) in [4.78, 5) is 15.5. The molecule has 2 aliphatic rings. The molecule has 2 unspecified atom stereocenters. The molecular formula is C19H27NO2. The number of rotatable bonds is 4. The number of carbonyl (C=O) groups is 1. The van der Waals surface area contributed by atoms with Gasteiger partial charge in [0.1, 0.15) is 5.41 Å². The average Bonchev–Trinajstić information content (AvgIpc) is 3.03. The van der Waals surface area contributed by atoms with Gasteiger partial charge in [-0.1, -0.05) is 43.2 Å². The van der Waals surface area contributed by atoms with Gasteiger partial charge < -0.3 is 4.74 Å². The first-order chi connectivity index (χ1) is 10.8. The quantitative estimate of drug-likeness (QED) is 0.797. The molecule has 0 amide bonds. The molecule has 3 heteroatoms. The second kappa shape index (κ2) is 6.82. The molecule has 1 heterocycles. The number of nitrogens with zero attached hydrogens (tertiary/aromatic N) is 1. The van der Waals surface area contributed by atoms with Crippen molar-refractivity contribution in [1.29, 1.82) is 0 Å². The van der Waals surface area contributed by atoms with Crippen molar-refractivity contribution in [2.75, 3.05) is 19.7 Å². The van der Waals surface area contributed by atoms with Crippen LogP contribution in [0.3, 0.4) is 0 Å². The maximum atomic E-state index is 13.0. The predicted molar refractivity (Wildman–Crippen MR) is 87.8 cm³/mol. The van der Waals surface area contributed by atoms with Crippen molar-refractivity contribution in [2.24, 2.45) is 0 Å². The molecule has 1 aromatic carbocycles. The highest BCUT2D eigenvalue weighted by atomic mass is 16.5. The van der Waals surface area contributed by atoms with Crippen LogP contribution in [0.15, 0.2) is 30.3 Å². The summed E-state index contributed by atoms with van der Waals surface area (Å²) in [6.45, 7) is 4.61. The topological polar surface area (TPSA) is 29.5 Å². The molecule has 3 nitrogen and oxygen atoms in total. The summed E-state index contributed by atoms with van der Waals surface area (Å²) in [5.74, 6) is -0.0192. The van der Waals surface area contributed by atoms with Gasteiger partial charge in [0, 0.05) is 6.04 Å². The van der Waals surface area contributed by atoms with E-state index in [-0.39, 0.29) is 5.97 Å². The monoisotopic (exact) mass is 301 g/mol. The molecule has 0 aromatic heterocycles. The van der Waals surface area contributed by atoms with E-state index in [1.165, 1.54) is 19.3 Å². The molecule has 2 atom stereocenters. The summed E-state index contributed by atoms with van der Waals surface area (Å²) < 4.78 is 5.54. The van der Waals surface area contributed by atoms with Gasteiger partial charge in [-0.15, -0.1) is 0 Å². The molecule has 0 spiro atoms. The molecule has 120 valence electrons. The van der Waals surface area contributed by atoms with Crippen LogP contribution in [0.5, 0.6) is 0 Å². The molecule has 0 bridgehead atoms. The molecule has 3 rings (SSSR count). The van der Waals surface area contributed by atoms with Crippen LogP contribution >= 0.6 is 0 Å². The van der Waals surface area contributed by atoms with Crippen molar-refractivity contribution < 1.29 is 9.53 Å². The molecule has 2 fully saturated rings. The third-order valence-electron chi connectivity index (χ3n) is 5.38. The van der Waals surface area contributed by atoms with Crippen LogP contribution in [-0.4, -0.2) is 36.6 Å². The van der Waals surface area contributed by atoms with E-state index in [0.29, 0.717) is 12.6 Å². The first kappa shape index (κ1) is 15.5. The van der Waals surface area contributed by atoms with Crippen LogP contribution in [0, 0.1) is 0 Å². The number of hydrogen-bond acceptors (Lipinski definition) is 3. The van der Waals surface area contributed by atoms with Gasteiger partial charge in [0.25, 0.3) is 0 Å². The summed E-state index contributed by atoms with van der Waals surface area (Å²) in [6, 6.07) is 10.6. The highest BCUT2D eigenvalue weighted by Gasteiger charge is 2.53. The highest BCUT2D eigenvalue weighted by molar-refractivity contribution is 5.85. The fourth-order valence-electron chi connectivity index (χ4n) is 4.40. The number of esters is 1. The van der Waals surface area contributed by atoms with E-state index in [0.717, 1.165) is 37.9 Å². The van der Waals surface area contributed by atoms with Crippen molar-refractivity contribution in [2.45, 2.75) is 56.9 Å². The first-order valence-electron chi connectivity index (χ1n) is 8.76. The minimum absolute atomic E-state index is 0.0192. The molecule has 1 aliphatic carbocycles. The Balaban J connectivity index is 1.98.